The largest absolute Gasteiger partial charge is 0.481 e. The number of nitrogens with zero attached hydrogens (tertiary/aromatic N) is 1. The Kier molecular flexibility index (Phi) is 1.57. The molecule has 3 nitrogen and oxygen atoms in total. The fourth-order valence-corrected chi connectivity index (χ4v) is 1.43. The molecule has 0 aliphatic heterocycles. The molecule has 1 aliphatic carbocycles. The summed E-state index contributed by atoms with van der Waals surface area (Å²) in [5.74, 6) is -0.658. The highest BCUT2D eigenvalue weighted by Crippen LogP contribution is 2.47. The molecule has 1 heterocycles. The van der Waals surface area contributed by atoms with Crippen molar-refractivity contribution >= 4 is 5.97 Å². The number of hydrogen-bond donors (Lipinski definition) is 1. The van der Waals surface area contributed by atoms with Crippen LogP contribution in [-0.2, 0) is 4.79 Å². The first kappa shape index (κ1) is 7.28. The highest BCUT2D eigenvalue weighted by molar-refractivity contribution is 5.75. The molecule has 62 valence electrons. The average Bonchev–Trinajstić information content (AvgIpc) is 2.84. The van der Waals surface area contributed by atoms with Gasteiger partial charge in [-0.15, -0.1) is 0 Å². The minimum Gasteiger partial charge on any atom is -0.481 e. The first-order valence-corrected chi connectivity index (χ1v) is 3.92. The molecule has 1 aromatic rings. The molecule has 0 amide bonds. The van der Waals surface area contributed by atoms with Crippen LogP contribution in [0.5, 0.6) is 0 Å². The maximum absolute atomic E-state index is 10.5. The lowest BCUT2D eigenvalue weighted by molar-refractivity contribution is -0.138. The Bertz CT molecular complexity index is 297. The van der Waals surface area contributed by atoms with Gasteiger partial charge in [0.05, 0.1) is 5.92 Å². The molecule has 1 N–H and O–H groups in total. The Balaban J connectivity index is 2.11. The number of carboxylic acid groups (broad SMARTS) is 1. The van der Waals surface area contributed by atoms with Crippen molar-refractivity contribution in [2.75, 3.05) is 0 Å². The van der Waals surface area contributed by atoms with Crippen LogP contribution in [0.4, 0.5) is 0 Å². The fourth-order valence-electron chi connectivity index (χ4n) is 1.43. The van der Waals surface area contributed by atoms with Crippen LogP contribution in [0, 0.1) is 5.92 Å². The lowest BCUT2D eigenvalue weighted by atomic mass is 10.1. The summed E-state index contributed by atoms with van der Waals surface area (Å²) in [5.41, 5.74) is 1.05. The average molecular weight is 163 g/mol. The van der Waals surface area contributed by atoms with E-state index in [1.165, 1.54) is 0 Å². The lowest BCUT2D eigenvalue weighted by Gasteiger charge is -1.94. The first-order valence-electron chi connectivity index (χ1n) is 3.92. The molecule has 1 aromatic heterocycles. The van der Waals surface area contributed by atoms with Gasteiger partial charge >= 0.3 is 5.97 Å². The molecule has 1 aliphatic rings. The minimum atomic E-state index is -0.691. The van der Waals surface area contributed by atoms with Crippen LogP contribution in [0.2, 0.25) is 0 Å². The Morgan fingerprint density at radius 2 is 2.50 bits per heavy atom. The van der Waals surface area contributed by atoms with Crippen LogP contribution in [0.1, 0.15) is 17.9 Å². The number of carboxylic acids is 1. The topological polar surface area (TPSA) is 50.2 Å². The summed E-state index contributed by atoms with van der Waals surface area (Å²) in [4.78, 5) is 14.5. The van der Waals surface area contributed by atoms with Crippen LogP contribution < -0.4 is 0 Å². The first-order chi connectivity index (χ1) is 5.79. The van der Waals surface area contributed by atoms with Crippen LogP contribution in [0.3, 0.4) is 0 Å². The molecular formula is C9H9NO2. The van der Waals surface area contributed by atoms with Crippen molar-refractivity contribution in [1.29, 1.82) is 0 Å². The zero-order chi connectivity index (χ0) is 8.55. The summed E-state index contributed by atoms with van der Waals surface area (Å²) in [6.07, 6.45) is 4.20. The second-order valence-electron chi connectivity index (χ2n) is 3.07. The summed E-state index contributed by atoms with van der Waals surface area (Å²) in [6.45, 7) is 0. The van der Waals surface area contributed by atoms with E-state index >= 15 is 0 Å². The molecule has 2 atom stereocenters. The number of aliphatic carboxylic acids is 1. The molecule has 0 aromatic carbocycles. The minimum absolute atomic E-state index is 0.172. The van der Waals surface area contributed by atoms with Crippen molar-refractivity contribution in [2.45, 2.75) is 12.3 Å². The van der Waals surface area contributed by atoms with Crippen molar-refractivity contribution in [3.8, 4) is 0 Å². The third-order valence-electron chi connectivity index (χ3n) is 2.22. The Hall–Kier alpha value is -1.38. The van der Waals surface area contributed by atoms with Crippen LogP contribution in [-0.4, -0.2) is 16.1 Å². The highest BCUT2D eigenvalue weighted by atomic mass is 16.4. The van der Waals surface area contributed by atoms with E-state index in [1.807, 2.05) is 12.1 Å². The number of rotatable bonds is 2. The molecule has 0 bridgehead atoms. The van der Waals surface area contributed by atoms with E-state index in [0.29, 0.717) is 0 Å². The SMILES string of the molecule is O=C(O)[C@@H]1C[C@@H]1c1cccnc1. The maximum Gasteiger partial charge on any atom is 0.307 e. The summed E-state index contributed by atoms with van der Waals surface area (Å²) in [5, 5.41) is 8.66. The van der Waals surface area contributed by atoms with Gasteiger partial charge in [-0.05, 0) is 24.0 Å². The van der Waals surface area contributed by atoms with Gasteiger partial charge in [0.1, 0.15) is 0 Å². The van der Waals surface area contributed by atoms with Gasteiger partial charge in [-0.1, -0.05) is 6.07 Å². The zero-order valence-corrected chi connectivity index (χ0v) is 6.47. The quantitative estimate of drug-likeness (QED) is 0.714. The van der Waals surface area contributed by atoms with Crippen molar-refractivity contribution in [2.24, 2.45) is 5.92 Å². The lowest BCUT2D eigenvalue weighted by Crippen LogP contribution is -1.98. The van der Waals surface area contributed by atoms with E-state index in [2.05, 4.69) is 4.98 Å². The van der Waals surface area contributed by atoms with Gasteiger partial charge in [-0.25, -0.2) is 0 Å². The summed E-state index contributed by atoms with van der Waals surface area (Å²) in [7, 11) is 0. The van der Waals surface area contributed by atoms with Crippen molar-refractivity contribution < 1.29 is 9.90 Å². The van der Waals surface area contributed by atoms with Gasteiger partial charge in [0.25, 0.3) is 0 Å². The van der Waals surface area contributed by atoms with E-state index in [9.17, 15) is 4.79 Å². The van der Waals surface area contributed by atoms with Crippen molar-refractivity contribution in [3.05, 3.63) is 30.1 Å². The standard InChI is InChI=1S/C9H9NO2/c11-9(12)8-4-7(8)6-2-1-3-10-5-6/h1-3,5,7-8H,4H2,(H,11,12)/t7-,8-/m1/s1. The molecule has 1 fully saturated rings. The molecule has 0 spiro atoms. The fraction of sp³-hybridized carbons (Fsp3) is 0.333. The van der Waals surface area contributed by atoms with E-state index in [4.69, 9.17) is 5.11 Å². The molecule has 0 saturated heterocycles. The zero-order valence-electron chi connectivity index (χ0n) is 6.47. The van der Waals surface area contributed by atoms with Crippen LogP contribution in [0.15, 0.2) is 24.5 Å². The number of pyridine rings is 1. The number of hydrogen-bond acceptors (Lipinski definition) is 2. The maximum atomic E-state index is 10.5. The molecule has 0 unspecified atom stereocenters. The van der Waals surface area contributed by atoms with Gasteiger partial charge < -0.3 is 5.11 Å². The third kappa shape index (κ3) is 1.18. The molecule has 12 heavy (non-hydrogen) atoms. The smallest absolute Gasteiger partial charge is 0.307 e. The normalized spacial score (nSPS) is 26.7. The highest BCUT2D eigenvalue weighted by Gasteiger charge is 2.44. The second kappa shape index (κ2) is 2.59. The molecule has 2 rings (SSSR count). The summed E-state index contributed by atoms with van der Waals surface area (Å²) < 4.78 is 0. The van der Waals surface area contributed by atoms with Crippen LogP contribution in [0.25, 0.3) is 0 Å². The van der Waals surface area contributed by atoms with E-state index in [0.717, 1.165) is 12.0 Å². The van der Waals surface area contributed by atoms with Crippen molar-refractivity contribution in [1.82, 2.24) is 4.98 Å². The monoisotopic (exact) mass is 163 g/mol. The van der Waals surface area contributed by atoms with E-state index in [-0.39, 0.29) is 11.8 Å². The second-order valence-corrected chi connectivity index (χ2v) is 3.07. The summed E-state index contributed by atoms with van der Waals surface area (Å²) in [6, 6.07) is 3.77. The van der Waals surface area contributed by atoms with Gasteiger partial charge in [0.15, 0.2) is 0 Å². The van der Waals surface area contributed by atoms with Gasteiger partial charge in [0.2, 0.25) is 0 Å². The van der Waals surface area contributed by atoms with E-state index < -0.39 is 5.97 Å². The van der Waals surface area contributed by atoms with Gasteiger partial charge in [0, 0.05) is 12.4 Å². The van der Waals surface area contributed by atoms with Gasteiger partial charge in [-0.3, -0.25) is 9.78 Å². The Morgan fingerprint density at radius 1 is 1.67 bits per heavy atom. The van der Waals surface area contributed by atoms with Gasteiger partial charge in [-0.2, -0.15) is 0 Å². The Morgan fingerprint density at radius 3 is 3.00 bits per heavy atom. The predicted molar refractivity (Wildman–Crippen MR) is 42.7 cm³/mol. The van der Waals surface area contributed by atoms with E-state index in [1.54, 1.807) is 12.4 Å². The molecule has 1 saturated carbocycles. The third-order valence-corrected chi connectivity index (χ3v) is 2.22. The predicted octanol–water partition coefficient (Wildman–Crippen LogP) is 1.27. The molecule has 0 radical (unpaired) electrons. The van der Waals surface area contributed by atoms with Crippen LogP contribution >= 0.6 is 0 Å². The van der Waals surface area contributed by atoms with Crippen molar-refractivity contribution in [3.63, 3.8) is 0 Å². The summed E-state index contributed by atoms with van der Waals surface area (Å²) >= 11 is 0. The number of carbonyl (C=O) groups is 1. The molecule has 3 heteroatoms. The molecular weight excluding hydrogens is 154 g/mol. The number of aromatic nitrogens is 1. The Labute approximate surface area is 70.1 Å².